The number of nitrogen functional groups attached to an aromatic ring is 1. The number of benzene rings is 3. The number of anilines is 1. The minimum atomic E-state index is -0.0194. The number of ether oxygens (including phenoxy) is 1. The second-order valence-corrected chi connectivity index (χ2v) is 8.41. The van der Waals surface area contributed by atoms with Crippen LogP contribution in [0.3, 0.4) is 0 Å². The van der Waals surface area contributed by atoms with Crippen molar-refractivity contribution in [2.45, 2.75) is 13.3 Å². The maximum absolute atomic E-state index is 11.5. The summed E-state index contributed by atoms with van der Waals surface area (Å²) in [5, 5.41) is 3.25. The second-order valence-electron chi connectivity index (χ2n) is 8.41. The first-order valence-corrected chi connectivity index (χ1v) is 12.0. The topological polar surface area (TPSA) is 67.6 Å². The highest BCUT2D eigenvalue weighted by atomic mass is 16.5. The number of likely N-dealkylation sites (N-methyl/N-ethyl adjacent to an activating group) is 1. The molecule has 0 aromatic heterocycles. The Morgan fingerprint density at radius 1 is 0.914 bits per heavy atom. The molecule has 3 N–H and O–H groups in total. The van der Waals surface area contributed by atoms with Crippen LogP contribution in [0.25, 0.3) is 11.1 Å². The van der Waals surface area contributed by atoms with Crippen LogP contribution in [-0.2, 0) is 4.79 Å². The predicted molar refractivity (Wildman–Crippen MR) is 146 cm³/mol. The van der Waals surface area contributed by atoms with Gasteiger partial charge in [0.25, 0.3) is 0 Å². The molecule has 1 amide bonds. The van der Waals surface area contributed by atoms with Gasteiger partial charge in [-0.15, -0.1) is 0 Å². The van der Waals surface area contributed by atoms with E-state index in [2.05, 4.69) is 60.8 Å². The Labute approximate surface area is 208 Å². The van der Waals surface area contributed by atoms with Gasteiger partial charge in [0.05, 0.1) is 0 Å². The lowest BCUT2D eigenvalue weighted by molar-refractivity contribution is -0.123. The molecule has 3 aromatic carbocycles. The van der Waals surface area contributed by atoms with Crippen molar-refractivity contribution in [2.24, 2.45) is 0 Å². The molecule has 0 fully saturated rings. The van der Waals surface area contributed by atoms with Gasteiger partial charge in [0.15, 0.2) is 0 Å². The molecular formula is C30H35N3O2. The molecule has 35 heavy (non-hydrogen) atoms. The van der Waals surface area contributed by atoms with Crippen molar-refractivity contribution < 1.29 is 9.53 Å². The number of carbonyl (C=O) groups excluding carboxylic acids is 1. The van der Waals surface area contributed by atoms with E-state index in [0.717, 1.165) is 29.0 Å². The monoisotopic (exact) mass is 469 g/mol. The average molecular weight is 470 g/mol. The molecule has 0 aliphatic rings. The molecule has 0 aliphatic carbocycles. The normalized spacial score (nSPS) is 11.9. The molecule has 0 atom stereocenters. The van der Waals surface area contributed by atoms with Crippen molar-refractivity contribution in [3.63, 3.8) is 0 Å². The van der Waals surface area contributed by atoms with Crippen LogP contribution in [0.1, 0.15) is 30.0 Å². The fraction of sp³-hybridized carbons (Fsp3) is 0.233. The van der Waals surface area contributed by atoms with Crippen molar-refractivity contribution in [1.82, 2.24) is 10.2 Å². The van der Waals surface area contributed by atoms with Gasteiger partial charge in [0.1, 0.15) is 12.4 Å². The Morgan fingerprint density at radius 3 is 2.14 bits per heavy atom. The third-order valence-corrected chi connectivity index (χ3v) is 5.63. The zero-order valence-corrected chi connectivity index (χ0v) is 20.8. The SMILES string of the molecule is CCC(=C(c1ccc(N)cc1)c1ccc(OCCNCC=CC(=O)N(C)C)cc1)c1ccccc1. The number of allylic oxidation sites excluding steroid dienone is 1. The van der Waals surface area contributed by atoms with Crippen LogP contribution in [0, 0.1) is 0 Å². The molecule has 0 spiro atoms. The van der Waals surface area contributed by atoms with E-state index in [1.54, 1.807) is 25.1 Å². The number of hydrogen-bond acceptors (Lipinski definition) is 4. The van der Waals surface area contributed by atoms with E-state index in [9.17, 15) is 4.79 Å². The van der Waals surface area contributed by atoms with Gasteiger partial charge in [-0.25, -0.2) is 0 Å². The van der Waals surface area contributed by atoms with Gasteiger partial charge in [-0.1, -0.05) is 67.6 Å². The Hall–Kier alpha value is -3.83. The number of amides is 1. The molecule has 0 bridgehead atoms. The van der Waals surface area contributed by atoms with Gasteiger partial charge in [-0.2, -0.15) is 0 Å². The zero-order chi connectivity index (χ0) is 25.0. The first-order chi connectivity index (χ1) is 17.0. The lowest BCUT2D eigenvalue weighted by Crippen LogP contribution is -2.22. The van der Waals surface area contributed by atoms with Crippen LogP contribution >= 0.6 is 0 Å². The van der Waals surface area contributed by atoms with Gasteiger partial charge in [-0.05, 0) is 58.5 Å². The van der Waals surface area contributed by atoms with Crippen LogP contribution < -0.4 is 15.8 Å². The minimum absolute atomic E-state index is 0.0194. The standard InChI is InChI=1S/C30H35N3O2/c1-4-28(23-9-6-5-7-10-23)30(24-12-16-26(31)17-13-24)25-14-18-27(19-15-25)35-22-21-32-20-8-11-29(34)33(2)3/h5-19,32H,4,20-22,31H2,1-3H3. The fourth-order valence-electron chi connectivity index (χ4n) is 3.78. The number of carbonyl (C=O) groups is 1. The van der Waals surface area contributed by atoms with Crippen molar-refractivity contribution in [2.75, 3.05) is 39.5 Å². The highest BCUT2D eigenvalue weighted by molar-refractivity contribution is 5.98. The highest BCUT2D eigenvalue weighted by Gasteiger charge is 2.13. The van der Waals surface area contributed by atoms with Crippen LogP contribution in [0.2, 0.25) is 0 Å². The van der Waals surface area contributed by atoms with E-state index in [0.29, 0.717) is 19.7 Å². The number of nitrogens with two attached hydrogens (primary N) is 1. The summed E-state index contributed by atoms with van der Waals surface area (Å²) in [6.07, 6.45) is 4.29. The molecule has 0 saturated heterocycles. The molecule has 0 unspecified atom stereocenters. The van der Waals surface area contributed by atoms with Crippen molar-refractivity contribution in [1.29, 1.82) is 0 Å². The molecule has 3 rings (SSSR count). The van der Waals surface area contributed by atoms with Gasteiger partial charge in [0.2, 0.25) is 5.91 Å². The molecule has 0 heterocycles. The molecule has 0 aliphatic heterocycles. The first kappa shape index (κ1) is 25.8. The summed E-state index contributed by atoms with van der Waals surface area (Å²) < 4.78 is 5.91. The summed E-state index contributed by atoms with van der Waals surface area (Å²) in [5.74, 6) is 0.803. The summed E-state index contributed by atoms with van der Waals surface area (Å²) in [6.45, 7) is 4.04. The maximum atomic E-state index is 11.5. The Balaban J connectivity index is 1.71. The summed E-state index contributed by atoms with van der Waals surface area (Å²) in [5.41, 5.74) is 12.7. The molecule has 5 heteroatoms. The number of nitrogens with zero attached hydrogens (tertiary/aromatic N) is 1. The third kappa shape index (κ3) is 7.59. The Bertz CT molecular complexity index is 1130. The van der Waals surface area contributed by atoms with Crippen LogP contribution in [0.15, 0.2) is 91.0 Å². The van der Waals surface area contributed by atoms with E-state index in [4.69, 9.17) is 10.5 Å². The summed E-state index contributed by atoms with van der Waals surface area (Å²) in [4.78, 5) is 13.1. The number of rotatable bonds is 11. The van der Waals surface area contributed by atoms with E-state index >= 15 is 0 Å². The summed E-state index contributed by atoms with van der Waals surface area (Å²) in [6, 6.07) is 26.8. The Morgan fingerprint density at radius 2 is 1.54 bits per heavy atom. The van der Waals surface area contributed by atoms with E-state index in [1.807, 2.05) is 36.4 Å². The summed E-state index contributed by atoms with van der Waals surface area (Å²) in [7, 11) is 3.47. The fourth-order valence-corrected chi connectivity index (χ4v) is 3.78. The van der Waals surface area contributed by atoms with Gasteiger partial charge < -0.3 is 20.7 Å². The van der Waals surface area contributed by atoms with Crippen LogP contribution in [0.4, 0.5) is 5.69 Å². The molecule has 182 valence electrons. The van der Waals surface area contributed by atoms with E-state index < -0.39 is 0 Å². The predicted octanol–water partition coefficient (Wildman–Crippen LogP) is 5.25. The zero-order valence-electron chi connectivity index (χ0n) is 20.8. The number of hydrogen-bond donors (Lipinski definition) is 2. The molecule has 0 saturated carbocycles. The van der Waals surface area contributed by atoms with Crippen molar-refractivity contribution in [3.05, 3.63) is 108 Å². The van der Waals surface area contributed by atoms with Crippen LogP contribution in [-0.4, -0.2) is 44.6 Å². The summed E-state index contributed by atoms with van der Waals surface area (Å²) >= 11 is 0. The Kier molecular flexibility index (Phi) is 9.69. The quantitative estimate of drug-likeness (QED) is 0.174. The van der Waals surface area contributed by atoms with Crippen molar-refractivity contribution in [3.8, 4) is 5.75 Å². The van der Waals surface area contributed by atoms with Crippen LogP contribution in [0.5, 0.6) is 5.75 Å². The average Bonchev–Trinajstić information content (AvgIpc) is 2.88. The van der Waals surface area contributed by atoms with Gasteiger partial charge in [-0.3, -0.25) is 4.79 Å². The third-order valence-electron chi connectivity index (χ3n) is 5.63. The highest BCUT2D eigenvalue weighted by Crippen LogP contribution is 2.35. The minimum Gasteiger partial charge on any atom is -0.492 e. The first-order valence-electron chi connectivity index (χ1n) is 12.0. The molecular weight excluding hydrogens is 434 g/mol. The smallest absolute Gasteiger partial charge is 0.245 e. The lowest BCUT2D eigenvalue weighted by atomic mass is 9.88. The largest absolute Gasteiger partial charge is 0.492 e. The van der Waals surface area contributed by atoms with E-state index in [-0.39, 0.29) is 5.91 Å². The van der Waals surface area contributed by atoms with Gasteiger partial charge in [0, 0.05) is 38.9 Å². The maximum Gasteiger partial charge on any atom is 0.245 e. The lowest BCUT2D eigenvalue weighted by Gasteiger charge is -2.17. The van der Waals surface area contributed by atoms with Crippen molar-refractivity contribution >= 4 is 22.7 Å². The molecule has 3 aromatic rings. The number of nitrogens with one attached hydrogen (secondary N) is 1. The molecule has 0 radical (unpaired) electrons. The second kappa shape index (κ2) is 13.2. The molecule has 5 nitrogen and oxygen atoms in total. The van der Waals surface area contributed by atoms with E-state index in [1.165, 1.54) is 16.7 Å². The van der Waals surface area contributed by atoms with Gasteiger partial charge >= 0.3 is 0 Å².